The second-order valence-corrected chi connectivity index (χ2v) is 8.72. The first-order valence-electron chi connectivity index (χ1n) is 10.3. The van der Waals surface area contributed by atoms with Gasteiger partial charge in [-0.15, -0.1) is 0 Å². The van der Waals surface area contributed by atoms with E-state index in [2.05, 4.69) is 19.4 Å². The van der Waals surface area contributed by atoms with E-state index in [9.17, 15) is 4.79 Å². The number of aromatic nitrogens is 2. The molecule has 0 saturated carbocycles. The predicted octanol–water partition coefficient (Wildman–Crippen LogP) is 4.75. The summed E-state index contributed by atoms with van der Waals surface area (Å²) in [4.78, 5) is 21.4. The Bertz CT molecular complexity index is 1040. The Morgan fingerprint density at radius 3 is 2.57 bits per heavy atom. The van der Waals surface area contributed by atoms with Crippen LogP contribution in [0.3, 0.4) is 0 Å². The highest BCUT2D eigenvalue weighted by molar-refractivity contribution is 6.35. The number of fused-ring (bicyclic) bond motifs is 1. The number of aryl methyl sites for hydroxylation is 1. The molecule has 1 saturated heterocycles. The van der Waals surface area contributed by atoms with Gasteiger partial charge in [0.1, 0.15) is 5.65 Å². The predicted molar refractivity (Wildman–Crippen MR) is 123 cm³/mol. The number of hydrogen-bond acceptors (Lipinski definition) is 4. The number of benzene rings is 1. The maximum atomic E-state index is 11.9. The van der Waals surface area contributed by atoms with E-state index in [1.54, 1.807) is 13.1 Å². The zero-order chi connectivity index (χ0) is 21.1. The number of rotatable bonds is 7. The molecule has 30 heavy (non-hydrogen) atoms. The topological polar surface area (TPSA) is 41.4 Å². The molecule has 0 radical (unpaired) electrons. The normalized spacial score (nSPS) is 15.7. The van der Waals surface area contributed by atoms with Crippen LogP contribution in [-0.4, -0.2) is 57.9 Å². The number of piperazine rings is 1. The molecule has 3 heterocycles. The van der Waals surface area contributed by atoms with Crippen LogP contribution < -0.4 is 0 Å². The van der Waals surface area contributed by atoms with Crippen LogP contribution in [0, 0.1) is 0 Å². The summed E-state index contributed by atoms with van der Waals surface area (Å²) in [5, 5.41) is 2.36. The summed E-state index contributed by atoms with van der Waals surface area (Å²) < 4.78 is 2.12. The Morgan fingerprint density at radius 2 is 1.83 bits per heavy atom. The smallest absolute Gasteiger partial charge is 0.162 e. The van der Waals surface area contributed by atoms with Gasteiger partial charge in [0.2, 0.25) is 0 Å². The fourth-order valence-electron chi connectivity index (χ4n) is 4.10. The lowest BCUT2D eigenvalue weighted by atomic mass is 10.2. The van der Waals surface area contributed by atoms with E-state index in [0.717, 1.165) is 79.4 Å². The highest BCUT2D eigenvalue weighted by Gasteiger charge is 2.18. The minimum atomic E-state index is 0.0867. The molecule has 158 valence electrons. The molecule has 7 heteroatoms. The van der Waals surface area contributed by atoms with Gasteiger partial charge < -0.3 is 9.47 Å². The van der Waals surface area contributed by atoms with Crippen LogP contribution in [0.25, 0.3) is 11.0 Å². The van der Waals surface area contributed by atoms with Crippen LogP contribution in [0.4, 0.5) is 0 Å². The third-order valence-corrected chi connectivity index (χ3v) is 6.35. The van der Waals surface area contributed by atoms with Crippen LogP contribution >= 0.6 is 23.2 Å². The molecule has 1 aliphatic heterocycles. The molecular formula is C23H26Cl2N4O. The Morgan fingerprint density at radius 1 is 1.07 bits per heavy atom. The second kappa shape index (κ2) is 9.48. The molecule has 0 bridgehead atoms. The van der Waals surface area contributed by atoms with E-state index in [1.165, 1.54) is 0 Å². The molecule has 2 aromatic heterocycles. The molecule has 1 aromatic carbocycles. The summed E-state index contributed by atoms with van der Waals surface area (Å²) in [5.41, 5.74) is 2.78. The van der Waals surface area contributed by atoms with E-state index in [0.29, 0.717) is 5.02 Å². The van der Waals surface area contributed by atoms with E-state index >= 15 is 0 Å². The van der Waals surface area contributed by atoms with Gasteiger partial charge in [-0.1, -0.05) is 29.3 Å². The summed E-state index contributed by atoms with van der Waals surface area (Å²) in [6.07, 6.45) is 4.77. The van der Waals surface area contributed by atoms with Crippen LogP contribution in [0.5, 0.6) is 0 Å². The van der Waals surface area contributed by atoms with E-state index in [4.69, 9.17) is 23.2 Å². The number of pyridine rings is 1. The maximum absolute atomic E-state index is 11.9. The van der Waals surface area contributed by atoms with Gasteiger partial charge in [0.15, 0.2) is 5.78 Å². The number of hydrogen-bond donors (Lipinski definition) is 0. The highest BCUT2D eigenvalue weighted by atomic mass is 35.5. The molecule has 1 fully saturated rings. The van der Waals surface area contributed by atoms with E-state index < -0.39 is 0 Å². The zero-order valence-corrected chi connectivity index (χ0v) is 18.7. The lowest BCUT2D eigenvalue weighted by Gasteiger charge is -2.34. The van der Waals surface area contributed by atoms with Crippen molar-refractivity contribution in [2.75, 3.05) is 32.7 Å². The third kappa shape index (κ3) is 4.86. The maximum Gasteiger partial charge on any atom is 0.162 e. The van der Waals surface area contributed by atoms with Crippen molar-refractivity contribution in [2.45, 2.75) is 26.4 Å². The molecule has 5 nitrogen and oxygen atoms in total. The SMILES string of the molecule is CC(=O)c1cn(CCCN2CCN(Cc3ccc(Cl)cc3Cl)CC2)c2ncccc12. The summed E-state index contributed by atoms with van der Waals surface area (Å²) in [6, 6.07) is 9.59. The van der Waals surface area contributed by atoms with Crippen molar-refractivity contribution in [1.82, 2.24) is 19.4 Å². The van der Waals surface area contributed by atoms with Crippen molar-refractivity contribution >= 4 is 40.0 Å². The van der Waals surface area contributed by atoms with E-state index in [1.807, 2.05) is 36.5 Å². The summed E-state index contributed by atoms with van der Waals surface area (Å²) in [5.74, 6) is 0.0867. The Balaban J connectivity index is 1.27. The number of nitrogens with zero attached hydrogens (tertiary/aromatic N) is 4. The molecule has 0 unspecified atom stereocenters. The number of carbonyl (C=O) groups is 1. The molecule has 0 atom stereocenters. The lowest BCUT2D eigenvalue weighted by Crippen LogP contribution is -2.46. The number of halogens is 2. The van der Waals surface area contributed by atoms with Gasteiger partial charge in [-0.05, 0) is 49.7 Å². The third-order valence-electron chi connectivity index (χ3n) is 5.76. The van der Waals surface area contributed by atoms with Gasteiger partial charge in [0, 0.05) is 72.7 Å². The van der Waals surface area contributed by atoms with Crippen LogP contribution in [-0.2, 0) is 13.1 Å². The monoisotopic (exact) mass is 444 g/mol. The number of Topliss-reactive ketones (excluding diaryl/α,β-unsaturated/α-hetero) is 1. The molecule has 0 N–H and O–H groups in total. The summed E-state index contributed by atoms with van der Waals surface area (Å²) >= 11 is 12.3. The van der Waals surface area contributed by atoms with Gasteiger partial charge in [-0.3, -0.25) is 9.69 Å². The second-order valence-electron chi connectivity index (χ2n) is 7.87. The quantitative estimate of drug-likeness (QED) is 0.492. The van der Waals surface area contributed by atoms with E-state index in [-0.39, 0.29) is 5.78 Å². The standard InChI is InChI=1S/C23H26Cl2N4O/c1-17(30)21-16-29(23-20(21)4-2-7-26-23)9-3-8-27-10-12-28(13-11-27)15-18-5-6-19(24)14-22(18)25/h2,4-7,14,16H,3,8-13,15H2,1H3. The fraction of sp³-hybridized carbons (Fsp3) is 0.391. The first-order valence-corrected chi connectivity index (χ1v) is 11.1. The van der Waals surface area contributed by atoms with Crippen molar-refractivity contribution in [3.05, 3.63) is 63.9 Å². The van der Waals surface area contributed by atoms with Crippen molar-refractivity contribution in [2.24, 2.45) is 0 Å². The fourth-order valence-corrected chi connectivity index (χ4v) is 4.57. The Hall–Kier alpha value is -1.92. The average molecular weight is 445 g/mol. The number of ketones is 1. The Labute approximate surface area is 187 Å². The van der Waals surface area contributed by atoms with Gasteiger partial charge in [-0.2, -0.15) is 0 Å². The van der Waals surface area contributed by atoms with Crippen LogP contribution in [0.15, 0.2) is 42.7 Å². The minimum Gasteiger partial charge on any atom is -0.332 e. The van der Waals surface area contributed by atoms with Gasteiger partial charge in [-0.25, -0.2) is 4.98 Å². The molecular weight excluding hydrogens is 419 g/mol. The Kier molecular flexibility index (Phi) is 6.74. The molecule has 0 spiro atoms. The molecule has 1 aliphatic rings. The lowest BCUT2D eigenvalue weighted by molar-refractivity contribution is 0.101. The largest absolute Gasteiger partial charge is 0.332 e. The van der Waals surface area contributed by atoms with Crippen molar-refractivity contribution < 1.29 is 4.79 Å². The summed E-state index contributed by atoms with van der Waals surface area (Å²) in [7, 11) is 0. The van der Waals surface area contributed by atoms with Crippen LogP contribution in [0.2, 0.25) is 10.0 Å². The van der Waals surface area contributed by atoms with Gasteiger partial charge in [0.25, 0.3) is 0 Å². The molecule has 4 rings (SSSR count). The first kappa shape index (κ1) is 21.3. The van der Waals surface area contributed by atoms with Crippen molar-refractivity contribution in [3.8, 4) is 0 Å². The van der Waals surface area contributed by atoms with Gasteiger partial charge >= 0.3 is 0 Å². The molecule has 3 aromatic rings. The average Bonchev–Trinajstić information content (AvgIpc) is 3.10. The zero-order valence-electron chi connectivity index (χ0n) is 17.2. The van der Waals surface area contributed by atoms with Crippen molar-refractivity contribution in [1.29, 1.82) is 0 Å². The highest BCUT2D eigenvalue weighted by Crippen LogP contribution is 2.23. The van der Waals surface area contributed by atoms with Crippen LogP contribution in [0.1, 0.15) is 29.3 Å². The first-order chi connectivity index (χ1) is 14.5. The summed E-state index contributed by atoms with van der Waals surface area (Å²) in [6.45, 7) is 8.53. The van der Waals surface area contributed by atoms with Gasteiger partial charge in [0.05, 0.1) is 0 Å². The van der Waals surface area contributed by atoms with Crippen molar-refractivity contribution in [3.63, 3.8) is 0 Å². The molecule has 0 amide bonds. The molecule has 0 aliphatic carbocycles. The number of carbonyl (C=O) groups excluding carboxylic acids is 1. The minimum absolute atomic E-state index is 0.0867.